The average Bonchev–Trinajstić information content (AvgIpc) is 2.71. The molecule has 5 N–H and O–H groups in total. The minimum atomic E-state index is -1.31. The number of hydrogen-bond donors (Lipinski definition) is 5. The lowest BCUT2D eigenvalue weighted by molar-refractivity contribution is -0.270. The Kier molecular flexibility index (Phi) is 14.3. The van der Waals surface area contributed by atoms with Gasteiger partial charge in [-0.1, -0.05) is 0 Å². The molecule has 1 saturated heterocycles. The minimum Gasteiger partial charge on any atom is -0.394 e. The summed E-state index contributed by atoms with van der Waals surface area (Å²) in [4.78, 5) is 11.4. The molecule has 0 aromatic rings. The van der Waals surface area contributed by atoms with E-state index in [9.17, 15) is 20.1 Å². The highest BCUT2D eigenvalue weighted by molar-refractivity contribution is 5.73. The smallest absolute Gasteiger partial charge is 0.217 e. The normalized spacial score (nSPS) is 26.8. The maximum absolute atomic E-state index is 11.4. The highest BCUT2D eigenvalue weighted by Crippen LogP contribution is 2.22. The fourth-order valence-corrected chi connectivity index (χ4v) is 3.11. The molecule has 0 spiro atoms. The van der Waals surface area contributed by atoms with E-state index in [2.05, 4.69) is 10.6 Å². The van der Waals surface area contributed by atoms with E-state index in [0.29, 0.717) is 33.2 Å². The first kappa shape index (κ1) is 27.1. The maximum atomic E-state index is 11.4. The molecule has 1 aliphatic heterocycles. The van der Waals surface area contributed by atoms with Gasteiger partial charge in [0.15, 0.2) is 6.29 Å². The van der Waals surface area contributed by atoms with Gasteiger partial charge in [-0.3, -0.25) is 10.1 Å². The number of carbonyl (C=O) groups is 1. The zero-order chi connectivity index (χ0) is 22.4. The molecule has 0 bridgehead atoms. The fourth-order valence-electron chi connectivity index (χ4n) is 3.11. The first-order chi connectivity index (χ1) is 14.4. The Labute approximate surface area is 178 Å². The molecule has 11 heteroatoms. The van der Waals surface area contributed by atoms with Crippen molar-refractivity contribution in [2.24, 2.45) is 0 Å². The summed E-state index contributed by atoms with van der Waals surface area (Å²) in [5.74, 6) is -0.380. The molecule has 1 fully saturated rings. The number of aliphatic hydroxyl groups excluding tert-OH is 3. The van der Waals surface area contributed by atoms with Crippen molar-refractivity contribution in [3.8, 4) is 0 Å². The van der Waals surface area contributed by atoms with Crippen LogP contribution in [-0.4, -0.2) is 112 Å². The Morgan fingerprint density at radius 2 is 1.73 bits per heavy atom. The second-order valence-electron chi connectivity index (χ2n) is 7.23. The topological polar surface area (TPSA) is 148 Å². The summed E-state index contributed by atoms with van der Waals surface area (Å²) >= 11 is 0. The van der Waals surface area contributed by atoms with Crippen molar-refractivity contribution in [1.29, 1.82) is 0 Å². The third-order valence-corrected chi connectivity index (χ3v) is 4.68. The Bertz CT molecular complexity index is 452. The van der Waals surface area contributed by atoms with Crippen molar-refractivity contribution >= 4 is 5.91 Å². The van der Waals surface area contributed by atoms with Gasteiger partial charge in [0.25, 0.3) is 0 Å². The molecule has 3 unspecified atom stereocenters. The van der Waals surface area contributed by atoms with Crippen LogP contribution in [0.5, 0.6) is 0 Å². The highest BCUT2D eigenvalue weighted by atomic mass is 16.7. The molecule has 11 nitrogen and oxygen atoms in total. The van der Waals surface area contributed by atoms with Gasteiger partial charge in [-0.15, -0.1) is 0 Å². The molecule has 0 radical (unpaired) electrons. The lowest BCUT2D eigenvalue weighted by atomic mass is 9.97. The predicted molar refractivity (Wildman–Crippen MR) is 107 cm³/mol. The van der Waals surface area contributed by atoms with Crippen LogP contribution in [0.3, 0.4) is 0 Å². The summed E-state index contributed by atoms with van der Waals surface area (Å²) in [6, 6.07) is -0.834. The number of ether oxygens (including phenoxy) is 5. The van der Waals surface area contributed by atoms with Crippen molar-refractivity contribution in [2.45, 2.75) is 62.9 Å². The summed E-state index contributed by atoms with van der Waals surface area (Å²) in [5.41, 5.74) is 0. The van der Waals surface area contributed by atoms with Crippen LogP contribution in [-0.2, 0) is 28.5 Å². The summed E-state index contributed by atoms with van der Waals surface area (Å²) in [5, 5.41) is 35.2. The van der Waals surface area contributed by atoms with E-state index in [4.69, 9.17) is 23.7 Å². The molecule has 1 rings (SSSR count). The summed E-state index contributed by atoms with van der Waals surface area (Å²) in [6.07, 6.45) is -2.13. The predicted octanol–water partition coefficient (Wildman–Crippen LogP) is -1.66. The van der Waals surface area contributed by atoms with Gasteiger partial charge in [0, 0.05) is 34.4 Å². The average molecular weight is 439 g/mol. The van der Waals surface area contributed by atoms with E-state index >= 15 is 0 Å². The third-order valence-electron chi connectivity index (χ3n) is 4.68. The molecule has 0 aromatic heterocycles. The van der Waals surface area contributed by atoms with Crippen molar-refractivity contribution < 1.29 is 43.8 Å². The maximum Gasteiger partial charge on any atom is 0.217 e. The van der Waals surface area contributed by atoms with Crippen LogP contribution in [0.2, 0.25) is 0 Å². The lowest BCUT2D eigenvalue weighted by Gasteiger charge is -2.42. The van der Waals surface area contributed by atoms with Gasteiger partial charge in [0.05, 0.1) is 32.6 Å². The zero-order valence-electron chi connectivity index (χ0n) is 18.1. The summed E-state index contributed by atoms with van der Waals surface area (Å²) < 4.78 is 26.9. The molecule has 178 valence electrons. The quantitative estimate of drug-likeness (QED) is 0.140. The zero-order valence-corrected chi connectivity index (χ0v) is 18.1. The molecule has 1 heterocycles. The first-order valence-corrected chi connectivity index (χ1v) is 10.2. The SMILES string of the molecule is COCC(COC)NCOCCCCCO[C@@H]1OC(CO)[C@H](O)C(O)C1NC(C)=O. The van der Waals surface area contributed by atoms with Crippen LogP contribution >= 0.6 is 0 Å². The molecule has 1 amide bonds. The molecule has 30 heavy (non-hydrogen) atoms. The van der Waals surface area contributed by atoms with E-state index in [0.717, 1.165) is 19.3 Å². The third kappa shape index (κ3) is 9.94. The lowest BCUT2D eigenvalue weighted by Crippen LogP contribution is -2.64. The van der Waals surface area contributed by atoms with Gasteiger partial charge in [0.2, 0.25) is 5.91 Å². The van der Waals surface area contributed by atoms with Crippen molar-refractivity contribution in [3.63, 3.8) is 0 Å². The highest BCUT2D eigenvalue weighted by Gasteiger charge is 2.45. The molecule has 0 aromatic carbocycles. The molecular weight excluding hydrogens is 400 g/mol. The van der Waals surface area contributed by atoms with Gasteiger partial charge >= 0.3 is 0 Å². The van der Waals surface area contributed by atoms with E-state index in [-0.39, 0.29) is 11.9 Å². The van der Waals surface area contributed by atoms with Crippen LogP contribution in [0.25, 0.3) is 0 Å². The minimum absolute atomic E-state index is 0.0806. The summed E-state index contributed by atoms with van der Waals surface area (Å²) in [6.45, 7) is 3.25. The van der Waals surface area contributed by atoms with Crippen LogP contribution in [0, 0.1) is 0 Å². The first-order valence-electron chi connectivity index (χ1n) is 10.2. The second-order valence-corrected chi connectivity index (χ2v) is 7.23. The number of nitrogens with one attached hydrogen (secondary N) is 2. The fraction of sp³-hybridized carbons (Fsp3) is 0.947. The van der Waals surface area contributed by atoms with Crippen molar-refractivity contribution in [2.75, 3.05) is 54.0 Å². The molecule has 0 aliphatic carbocycles. The number of rotatable bonds is 16. The molecule has 1 aliphatic rings. The van der Waals surface area contributed by atoms with E-state index in [1.54, 1.807) is 14.2 Å². The van der Waals surface area contributed by atoms with Crippen molar-refractivity contribution in [3.05, 3.63) is 0 Å². The summed E-state index contributed by atoms with van der Waals surface area (Å²) in [7, 11) is 3.27. The van der Waals surface area contributed by atoms with Gasteiger partial charge < -0.3 is 44.3 Å². The van der Waals surface area contributed by atoms with Gasteiger partial charge in [-0.05, 0) is 19.3 Å². The standard InChI is InChI=1S/C19H38N2O9/c1-13(23)21-16-18(25)17(24)15(9-22)30-19(16)29-8-6-4-5-7-28-12-20-14(10-26-2)11-27-3/h14-20,22,24-25H,4-12H2,1-3H3,(H,21,23)/t15?,16?,17-,18?,19+/m0/s1. The Morgan fingerprint density at radius 1 is 1.07 bits per heavy atom. The number of methoxy groups -OCH3 is 2. The van der Waals surface area contributed by atoms with E-state index in [1.165, 1.54) is 6.92 Å². The molecular formula is C19H38N2O9. The molecule has 0 saturated carbocycles. The number of aliphatic hydroxyl groups is 3. The van der Waals surface area contributed by atoms with E-state index < -0.39 is 37.3 Å². The largest absolute Gasteiger partial charge is 0.394 e. The number of unbranched alkanes of at least 4 members (excludes halogenated alkanes) is 2. The number of carbonyl (C=O) groups excluding carboxylic acids is 1. The van der Waals surface area contributed by atoms with Crippen LogP contribution in [0.15, 0.2) is 0 Å². The van der Waals surface area contributed by atoms with E-state index in [1.807, 2.05) is 0 Å². The number of amides is 1. The second kappa shape index (κ2) is 15.8. The molecule has 5 atom stereocenters. The Balaban J connectivity index is 2.22. The van der Waals surface area contributed by atoms with Gasteiger partial charge in [-0.25, -0.2) is 0 Å². The number of hydrogen-bond acceptors (Lipinski definition) is 10. The van der Waals surface area contributed by atoms with Gasteiger partial charge in [0.1, 0.15) is 24.4 Å². The van der Waals surface area contributed by atoms with Crippen LogP contribution < -0.4 is 10.6 Å². The van der Waals surface area contributed by atoms with Gasteiger partial charge in [-0.2, -0.15) is 0 Å². The Hall–Kier alpha value is -0.890. The van der Waals surface area contributed by atoms with Crippen LogP contribution in [0.4, 0.5) is 0 Å². The monoisotopic (exact) mass is 438 g/mol. The Morgan fingerprint density at radius 3 is 2.33 bits per heavy atom. The van der Waals surface area contributed by atoms with Crippen LogP contribution in [0.1, 0.15) is 26.2 Å². The van der Waals surface area contributed by atoms with Crippen molar-refractivity contribution in [1.82, 2.24) is 10.6 Å².